The lowest BCUT2D eigenvalue weighted by Crippen LogP contribution is -2.33. The Morgan fingerprint density at radius 3 is 2.66 bits per heavy atom. The minimum atomic E-state index is -0.0916. The Morgan fingerprint density at radius 1 is 1.00 bits per heavy atom. The maximum absolute atomic E-state index is 13.4. The molecule has 3 aromatic carbocycles. The third-order valence-electron chi connectivity index (χ3n) is 6.18. The first-order chi connectivity index (χ1) is 14.0. The van der Waals surface area contributed by atoms with Gasteiger partial charge in [0, 0.05) is 29.3 Å². The number of ether oxygens (including phenoxy) is 1. The van der Waals surface area contributed by atoms with Crippen molar-refractivity contribution in [2.45, 2.75) is 32.6 Å². The van der Waals surface area contributed by atoms with Crippen LogP contribution in [-0.4, -0.2) is 12.9 Å². The Balaban J connectivity index is 1.81. The van der Waals surface area contributed by atoms with Gasteiger partial charge in [-0.05, 0) is 51.9 Å². The van der Waals surface area contributed by atoms with E-state index in [0.29, 0.717) is 6.42 Å². The molecule has 3 aromatic rings. The van der Waals surface area contributed by atoms with Crippen molar-refractivity contribution < 1.29 is 9.53 Å². The van der Waals surface area contributed by atoms with Crippen LogP contribution in [0.4, 0.5) is 5.69 Å². The fourth-order valence-electron chi connectivity index (χ4n) is 4.96. The SMILES string of the molecule is COc1cccc(C2C3=C(CC(C)(C)CC3=O)Nc3ccc4ccccc4c32)c1. The van der Waals surface area contributed by atoms with Crippen LogP contribution in [0.3, 0.4) is 0 Å². The van der Waals surface area contributed by atoms with Crippen molar-refractivity contribution in [3.8, 4) is 5.75 Å². The van der Waals surface area contributed by atoms with Crippen LogP contribution in [-0.2, 0) is 4.79 Å². The first kappa shape index (κ1) is 18.0. The summed E-state index contributed by atoms with van der Waals surface area (Å²) in [7, 11) is 1.68. The summed E-state index contributed by atoms with van der Waals surface area (Å²) < 4.78 is 5.50. The van der Waals surface area contributed by atoms with Gasteiger partial charge in [0.25, 0.3) is 0 Å². The molecule has 1 atom stereocenters. The Kier molecular flexibility index (Phi) is 4.02. The van der Waals surface area contributed by atoms with Crippen LogP contribution in [0, 0.1) is 5.41 Å². The van der Waals surface area contributed by atoms with Gasteiger partial charge in [0.1, 0.15) is 5.75 Å². The average Bonchev–Trinajstić information content (AvgIpc) is 2.71. The monoisotopic (exact) mass is 383 g/mol. The third-order valence-corrected chi connectivity index (χ3v) is 6.18. The molecular formula is C26H25NO2. The van der Waals surface area contributed by atoms with E-state index >= 15 is 0 Å². The zero-order chi connectivity index (χ0) is 20.2. The summed E-state index contributed by atoms with van der Waals surface area (Å²) in [5, 5.41) is 6.01. The van der Waals surface area contributed by atoms with Gasteiger partial charge in [-0.1, -0.05) is 56.3 Å². The maximum atomic E-state index is 13.4. The second kappa shape index (κ2) is 6.48. The largest absolute Gasteiger partial charge is 0.497 e. The smallest absolute Gasteiger partial charge is 0.162 e. The van der Waals surface area contributed by atoms with Crippen molar-refractivity contribution in [3.05, 3.63) is 83.1 Å². The normalized spacial score (nSPS) is 20.1. The molecule has 1 unspecified atom stereocenters. The van der Waals surface area contributed by atoms with E-state index in [-0.39, 0.29) is 17.1 Å². The highest BCUT2D eigenvalue weighted by Gasteiger charge is 2.41. The Hall–Kier alpha value is -3.07. The lowest BCUT2D eigenvalue weighted by atomic mass is 9.68. The number of carbonyl (C=O) groups is 1. The number of Topliss-reactive ketones (excluding diaryl/α,β-unsaturated/α-hetero) is 1. The zero-order valence-corrected chi connectivity index (χ0v) is 17.1. The number of methoxy groups -OCH3 is 1. The number of hydrogen-bond donors (Lipinski definition) is 1. The summed E-state index contributed by atoms with van der Waals surface area (Å²) in [6, 6.07) is 20.9. The molecule has 0 saturated carbocycles. The van der Waals surface area contributed by atoms with Crippen LogP contribution in [0.1, 0.15) is 43.7 Å². The third kappa shape index (κ3) is 2.93. The van der Waals surface area contributed by atoms with Crippen LogP contribution in [0.15, 0.2) is 71.9 Å². The van der Waals surface area contributed by atoms with E-state index in [1.54, 1.807) is 7.11 Å². The van der Waals surface area contributed by atoms with Crippen LogP contribution in [0.25, 0.3) is 10.8 Å². The molecule has 0 radical (unpaired) electrons. The van der Waals surface area contributed by atoms with Gasteiger partial charge in [0.15, 0.2) is 5.78 Å². The quantitative estimate of drug-likeness (QED) is 0.585. The van der Waals surface area contributed by atoms with E-state index in [0.717, 1.165) is 34.7 Å². The van der Waals surface area contributed by atoms with Gasteiger partial charge in [-0.2, -0.15) is 0 Å². The predicted molar refractivity (Wildman–Crippen MR) is 117 cm³/mol. The van der Waals surface area contributed by atoms with Gasteiger partial charge in [-0.3, -0.25) is 4.79 Å². The summed E-state index contributed by atoms with van der Waals surface area (Å²) >= 11 is 0. The highest BCUT2D eigenvalue weighted by molar-refractivity contribution is 6.04. The Labute approximate surface area is 171 Å². The number of hydrogen-bond acceptors (Lipinski definition) is 3. The molecule has 0 spiro atoms. The van der Waals surface area contributed by atoms with Gasteiger partial charge in [-0.15, -0.1) is 0 Å². The molecule has 146 valence electrons. The molecule has 3 nitrogen and oxygen atoms in total. The average molecular weight is 383 g/mol. The maximum Gasteiger partial charge on any atom is 0.162 e. The molecular weight excluding hydrogens is 358 g/mol. The first-order valence-electron chi connectivity index (χ1n) is 10.2. The van der Waals surface area contributed by atoms with E-state index in [9.17, 15) is 4.79 Å². The van der Waals surface area contributed by atoms with E-state index in [1.165, 1.54) is 16.3 Å². The number of rotatable bonds is 2. The molecule has 1 aliphatic heterocycles. The number of allylic oxidation sites excluding steroid dienone is 2. The number of fused-ring (bicyclic) bond motifs is 3. The molecule has 0 fully saturated rings. The topological polar surface area (TPSA) is 38.3 Å². The number of benzene rings is 3. The second-order valence-corrected chi connectivity index (χ2v) is 8.92. The molecule has 0 aromatic heterocycles. The standard InChI is InChI=1S/C26H25NO2/c1-26(2)14-21-25(22(28)15-26)23(17-8-6-9-18(13-17)29-3)24-19-10-5-4-7-16(19)11-12-20(24)27-21/h4-13,23,27H,14-15H2,1-3H3. The number of nitrogens with one attached hydrogen (secondary N) is 1. The lowest BCUT2D eigenvalue weighted by Gasteiger charge is -2.40. The first-order valence-corrected chi connectivity index (χ1v) is 10.2. The molecule has 5 rings (SSSR count). The summed E-state index contributed by atoms with van der Waals surface area (Å²) in [5.41, 5.74) is 5.34. The summed E-state index contributed by atoms with van der Waals surface area (Å²) in [5.74, 6) is 0.967. The van der Waals surface area contributed by atoms with Crippen molar-refractivity contribution in [1.82, 2.24) is 0 Å². The predicted octanol–water partition coefficient (Wildman–Crippen LogP) is 6.05. The van der Waals surface area contributed by atoms with Gasteiger partial charge in [-0.25, -0.2) is 0 Å². The minimum Gasteiger partial charge on any atom is -0.497 e. The van der Waals surface area contributed by atoms with Crippen molar-refractivity contribution in [3.63, 3.8) is 0 Å². The van der Waals surface area contributed by atoms with Gasteiger partial charge in [0.05, 0.1) is 7.11 Å². The van der Waals surface area contributed by atoms with Crippen LogP contribution in [0.5, 0.6) is 5.75 Å². The van der Waals surface area contributed by atoms with Crippen molar-refractivity contribution >= 4 is 22.2 Å². The summed E-state index contributed by atoms with van der Waals surface area (Å²) in [6.07, 6.45) is 1.45. The van der Waals surface area contributed by atoms with Crippen LogP contribution >= 0.6 is 0 Å². The molecule has 2 aliphatic rings. The number of ketones is 1. The fraction of sp³-hybridized carbons (Fsp3) is 0.269. The zero-order valence-electron chi connectivity index (χ0n) is 17.1. The molecule has 3 heteroatoms. The minimum absolute atomic E-state index is 0.0316. The molecule has 1 heterocycles. The lowest BCUT2D eigenvalue weighted by molar-refractivity contribution is -0.118. The number of carbonyl (C=O) groups excluding carboxylic acids is 1. The molecule has 0 saturated heterocycles. The highest BCUT2D eigenvalue weighted by Crippen LogP contribution is 2.51. The van der Waals surface area contributed by atoms with Crippen molar-refractivity contribution in [2.24, 2.45) is 5.41 Å². The summed E-state index contributed by atoms with van der Waals surface area (Å²) in [4.78, 5) is 13.4. The summed E-state index contributed by atoms with van der Waals surface area (Å²) in [6.45, 7) is 4.35. The van der Waals surface area contributed by atoms with E-state index in [2.05, 4.69) is 67.7 Å². The van der Waals surface area contributed by atoms with Gasteiger partial charge < -0.3 is 10.1 Å². The van der Waals surface area contributed by atoms with E-state index in [4.69, 9.17) is 4.74 Å². The van der Waals surface area contributed by atoms with E-state index < -0.39 is 0 Å². The Bertz CT molecular complexity index is 1170. The van der Waals surface area contributed by atoms with E-state index in [1.807, 2.05) is 12.1 Å². The molecule has 1 N–H and O–H groups in total. The molecule has 0 amide bonds. The van der Waals surface area contributed by atoms with Crippen molar-refractivity contribution in [1.29, 1.82) is 0 Å². The fourth-order valence-corrected chi connectivity index (χ4v) is 4.96. The van der Waals surface area contributed by atoms with Crippen LogP contribution < -0.4 is 10.1 Å². The van der Waals surface area contributed by atoms with Crippen molar-refractivity contribution in [2.75, 3.05) is 12.4 Å². The number of anilines is 1. The molecule has 29 heavy (non-hydrogen) atoms. The van der Waals surface area contributed by atoms with Crippen LogP contribution in [0.2, 0.25) is 0 Å². The van der Waals surface area contributed by atoms with Gasteiger partial charge >= 0.3 is 0 Å². The highest BCUT2D eigenvalue weighted by atomic mass is 16.5. The molecule has 0 bridgehead atoms. The van der Waals surface area contributed by atoms with Gasteiger partial charge in [0.2, 0.25) is 0 Å². The Morgan fingerprint density at radius 2 is 1.83 bits per heavy atom. The second-order valence-electron chi connectivity index (χ2n) is 8.92. The molecule has 1 aliphatic carbocycles.